The number of nitrogens with zero attached hydrogens (tertiary/aromatic N) is 4. The van der Waals surface area contributed by atoms with Crippen molar-refractivity contribution in [2.75, 3.05) is 11.9 Å². The van der Waals surface area contributed by atoms with E-state index in [0.717, 1.165) is 0 Å². The number of nitrogens with one attached hydrogen (secondary N) is 1. The molecule has 0 bridgehead atoms. The molecule has 11 heteroatoms. The zero-order chi connectivity index (χ0) is 24.1. The lowest BCUT2D eigenvalue weighted by molar-refractivity contribution is 0.0527. The Balaban J connectivity index is 1.53. The maximum Gasteiger partial charge on any atom is 0.343 e. The Bertz CT molecular complexity index is 1320. The number of para-hydroxylation sites is 1. The SMILES string of the molecule is CCOC(=O)c1cnn(-c2ccccc2)c1NC(=O)c1ccn(COc2cccc(Cl)c2Cl)n1. The molecule has 0 saturated carbocycles. The Labute approximate surface area is 204 Å². The molecule has 0 spiro atoms. The molecule has 2 aromatic heterocycles. The molecule has 4 aromatic rings. The van der Waals surface area contributed by atoms with Gasteiger partial charge in [0.05, 0.1) is 23.5 Å². The predicted molar refractivity (Wildman–Crippen MR) is 127 cm³/mol. The minimum absolute atomic E-state index is 0.00334. The first-order chi connectivity index (χ1) is 16.5. The number of hydrogen-bond donors (Lipinski definition) is 1. The lowest BCUT2D eigenvalue weighted by atomic mass is 10.3. The lowest BCUT2D eigenvalue weighted by Gasteiger charge is -2.10. The highest BCUT2D eigenvalue weighted by Crippen LogP contribution is 2.31. The van der Waals surface area contributed by atoms with Crippen LogP contribution in [0.3, 0.4) is 0 Å². The highest BCUT2D eigenvalue weighted by Gasteiger charge is 2.23. The Morgan fingerprint density at radius 2 is 1.85 bits per heavy atom. The van der Waals surface area contributed by atoms with Crippen LogP contribution < -0.4 is 10.1 Å². The zero-order valence-electron chi connectivity index (χ0n) is 17.9. The number of anilines is 1. The zero-order valence-corrected chi connectivity index (χ0v) is 19.5. The molecule has 0 atom stereocenters. The van der Waals surface area contributed by atoms with Crippen molar-refractivity contribution < 1.29 is 19.1 Å². The van der Waals surface area contributed by atoms with Crippen LogP contribution in [0.5, 0.6) is 5.75 Å². The van der Waals surface area contributed by atoms with Gasteiger partial charge < -0.3 is 14.8 Å². The Hall–Kier alpha value is -3.82. The number of hydrogen-bond acceptors (Lipinski definition) is 6. The van der Waals surface area contributed by atoms with Crippen LogP contribution in [-0.4, -0.2) is 38.0 Å². The van der Waals surface area contributed by atoms with Gasteiger partial charge in [0.1, 0.15) is 16.3 Å². The number of rotatable bonds is 8. The van der Waals surface area contributed by atoms with Crippen molar-refractivity contribution in [2.24, 2.45) is 0 Å². The van der Waals surface area contributed by atoms with Gasteiger partial charge in [-0.15, -0.1) is 0 Å². The first-order valence-electron chi connectivity index (χ1n) is 10.2. The summed E-state index contributed by atoms with van der Waals surface area (Å²) in [5, 5.41) is 11.9. The highest BCUT2D eigenvalue weighted by molar-refractivity contribution is 6.42. The molecule has 9 nitrogen and oxygen atoms in total. The van der Waals surface area contributed by atoms with Crippen LogP contribution in [0.1, 0.15) is 27.8 Å². The van der Waals surface area contributed by atoms with E-state index in [-0.39, 0.29) is 35.4 Å². The third-order valence-corrected chi connectivity index (χ3v) is 5.44. The van der Waals surface area contributed by atoms with E-state index in [4.69, 9.17) is 32.7 Å². The molecule has 0 radical (unpaired) electrons. The number of halogens is 2. The maximum absolute atomic E-state index is 13.0. The second-order valence-corrected chi connectivity index (χ2v) is 7.68. The summed E-state index contributed by atoms with van der Waals surface area (Å²) in [6.45, 7) is 1.89. The quantitative estimate of drug-likeness (QED) is 0.348. The molecule has 4 rings (SSSR count). The molecular formula is C23H19Cl2N5O4. The third kappa shape index (κ3) is 5.05. The first-order valence-corrected chi connectivity index (χ1v) is 11.0. The molecule has 0 saturated heterocycles. The van der Waals surface area contributed by atoms with E-state index in [1.54, 1.807) is 43.5 Å². The van der Waals surface area contributed by atoms with Gasteiger partial charge >= 0.3 is 5.97 Å². The number of aromatic nitrogens is 4. The minimum atomic E-state index is -0.600. The van der Waals surface area contributed by atoms with Gasteiger partial charge in [0.15, 0.2) is 18.2 Å². The molecule has 0 aliphatic heterocycles. The van der Waals surface area contributed by atoms with Gasteiger partial charge in [-0.2, -0.15) is 10.2 Å². The molecular weight excluding hydrogens is 481 g/mol. The van der Waals surface area contributed by atoms with Crippen LogP contribution in [0.2, 0.25) is 10.0 Å². The molecule has 1 N–H and O–H groups in total. The van der Waals surface area contributed by atoms with E-state index >= 15 is 0 Å². The Morgan fingerprint density at radius 1 is 1.06 bits per heavy atom. The minimum Gasteiger partial charge on any atom is -0.470 e. The van der Waals surface area contributed by atoms with Crippen molar-refractivity contribution in [2.45, 2.75) is 13.7 Å². The number of carbonyl (C=O) groups excluding carboxylic acids is 2. The van der Waals surface area contributed by atoms with Crippen molar-refractivity contribution in [3.05, 3.63) is 88.3 Å². The number of benzene rings is 2. The molecule has 2 heterocycles. The topological polar surface area (TPSA) is 100 Å². The Morgan fingerprint density at radius 3 is 2.62 bits per heavy atom. The number of ether oxygens (including phenoxy) is 2. The van der Waals surface area contributed by atoms with Gasteiger partial charge in [-0.1, -0.05) is 47.5 Å². The second kappa shape index (κ2) is 10.4. The molecule has 174 valence electrons. The second-order valence-electron chi connectivity index (χ2n) is 6.89. The van der Waals surface area contributed by atoms with Crippen molar-refractivity contribution in [3.8, 4) is 11.4 Å². The molecule has 0 aliphatic rings. The van der Waals surface area contributed by atoms with Crippen LogP contribution in [0.25, 0.3) is 5.69 Å². The summed E-state index contributed by atoms with van der Waals surface area (Å²) in [6.07, 6.45) is 2.93. The van der Waals surface area contributed by atoms with Crippen LogP contribution in [0.4, 0.5) is 5.82 Å². The van der Waals surface area contributed by atoms with E-state index in [1.165, 1.54) is 21.6 Å². The lowest BCUT2D eigenvalue weighted by Crippen LogP contribution is -2.19. The fourth-order valence-electron chi connectivity index (χ4n) is 3.05. The molecule has 34 heavy (non-hydrogen) atoms. The average Bonchev–Trinajstić information content (AvgIpc) is 3.48. The monoisotopic (exact) mass is 499 g/mol. The van der Waals surface area contributed by atoms with Gasteiger partial charge in [-0.3, -0.25) is 4.79 Å². The van der Waals surface area contributed by atoms with Crippen molar-refractivity contribution >= 4 is 40.9 Å². The van der Waals surface area contributed by atoms with E-state index in [2.05, 4.69) is 15.5 Å². The summed E-state index contributed by atoms with van der Waals surface area (Å²) in [6, 6.07) is 15.6. The van der Waals surface area contributed by atoms with Gasteiger partial charge in [0.25, 0.3) is 5.91 Å². The Kier molecular flexibility index (Phi) is 7.15. The first kappa shape index (κ1) is 23.3. The normalized spacial score (nSPS) is 10.7. The smallest absolute Gasteiger partial charge is 0.343 e. The van der Waals surface area contributed by atoms with Crippen LogP contribution in [0, 0.1) is 0 Å². The summed E-state index contributed by atoms with van der Waals surface area (Å²) in [5.74, 6) is -0.576. The molecule has 0 unspecified atom stereocenters. The summed E-state index contributed by atoms with van der Waals surface area (Å²) in [7, 11) is 0. The van der Waals surface area contributed by atoms with Gasteiger partial charge in [0.2, 0.25) is 0 Å². The van der Waals surface area contributed by atoms with Gasteiger partial charge in [-0.25, -0.2) is 14.2 Å². The molecule has 0 aliphatic carbocycles. The predicted octanol–water partition coefficient (Wildman–Crippen LogP) is 4.84. The average molecular weight is 500 g/mol. The van der Waals surface area contributed by atoms with E-state index in [0.29, 0.717) is 16.5 Å². The molecule has 2 aromatic carbocycles. The van der Waals surface area contributed by atoms with E-state index in [1.807, 2.05) is 18.2 Å². The van der Waals surface area contributed by atoms with Crippen LogP contribution in [0.15, 0.2) is 67.0 Å². The summed E-state index contributed by atoms with van der Waals surface area (Å²) < 4.78 is 13.6. The van der Waals surface area contributed by atoms with Crippen LogP contribution in [-0.2, 0) is 11.5 Å². The third-order valence-electron chi connectivity index (χ3n) is 4.64. The number of amides is 1. The number of carbonyl (C=O) groups is 2. The van der Waals surface area contributed by atoms with Gasteiger partial charge in [-0.05, 0) is 37.3 Å². The van der Waals surface area contributed by atoms with Crippen molar-refractivity contribution in [1.29, 1.82) is 0 Å². The van der Waals surface area contributed by atoms with Crippen molar-refractivity contribution in [3.63, 3.8) is 0 Å². The molecule has 0 fully saturated rings. The van der Waals surface area contributed by atoms with E-state index in [9.17, 15) is 9.59 Å². The largest absolute Gasteiger partial charge is 0.470 e. The van der Waals surface area contributed by atoms with Gasteiger partial charge in [0, 0.05) is 6.20 Å². The standard InChI is InChI=1S/C23H19Cl2N5O4/c1-2-33-23(32)16-13-26-30(15-7-4-3-5-8-15)21(16)27-22(31)18-11-12-29(28-18)14-34-19-10-6-9-17(24)20(19)25/h3-13H,2,14H2,1H3,(H,27,31). The summed E-state index contributed by atoms with van der Waals surface area (Å²) >= 11 is 12.1. The summed E-state index contributed by atoms with van der Waals surface area (Å²) in [5.41, 5.74) is 0.888. The number of esters is 1. The van der Waals surface area contributed by atoms with Crippen molar-refractivity contribution in [1.82, 2.24) is 19.6 Å². The highest BCUT2D eigenvalue weighted by atomic mass is 35.5. The molecule has 1 amide bonds. The van der Waals surface area contributed by atoms with E-state index < -0.39 is 11.9 Å². The maximum atomic E-state index is 13.0. The summed E-state index contributed by atoms with van der Waals surface area (Å²) in [4.78, 5) is 25.4. The fourth-order valence-corrected chi connectivity index (χ4v) is 3.40. The van der Waals surface area contributed by atoms with Crippen LogP contribution >= 0.6 is 23.2 Å². The fraction of sp³-hybridized carbons (Fsp3) is 0.130.